The molecule has 0 bridgehead atoms. The predicted molar refractivity (Wildman–Crippen MR) is 75.3 cm³/mol. The molecule has 0 saturated heterocycles. The lowest BCUT2D eigenvalue weighted by Crippen LogP contribution is -2.41. The van der Waals surface area contributed by atoms with Crippen LogP contribution in [0.25, 0.3) is 0 Å². The maximum absolute atomic E-state index is 12.3. The highest BCUT2D eigenvalue weighted by molar-refractivity contribution is 7.89. The van der Waals surface area contributed by atoms with E-state index >= 15 is 0 Å². The van der Waals surface area contributed by atoms with E-state index in [-0.39, 0.29) is 11.5 Å². The first kappa shape index (κ1) is 14.6. The first-order valence-corrected chi connectivity index (χ1v) is 8.18. The predicted octanol–water partition coefficient (Wildman–Crippen LogP) is 1.59. The van der Waals surface area contributed by atoms with Crippen LogP contribution < -0.4 is 10.0 Å². The second-order valence-corrected chi connectivity index (χ2v) is 7.66. The third kappa shape index (κ3) is 3.19. The van der Waals surface area contributed by atoms with E-state index in [9.17, 15) is 8.42 Å². The maximum atomic E-state index is 12.3. The van der Waals surface area contributed by atoms with Crippen LogP contribution in [0.5, 0.6) is 0 Å². The molecule has 1 atom stereocenters. The Balaban J connectivity index is 2.13. The van der Waals surface area contributed by atoms with E-state index in [1.165, 1.54) is 0 Å². The number of rotatable bonds is 5. The van der Waals surface area contributed by atoms with Gasteiger partial charge in [-0.2, -0.15) is 0 Å². The number of H-pyrrole nitrogens is 1. The highest BCUT2D eigenvalue weighted by atomic mass is 32.2. The molecular formula is C13H23N3O2S. The monoisotopic (exact) mass is 285 g/mol. The average molecular weight is 285 g/mol. The average Bonchev–Trinajstić information content (AvgIpc) is 2.88. The van der Waals surface area contributed by atoms with Crippen molar-refractivity contribution in [3.05, 3.63) is 18.0 Å². The van der Waals surface area contributed by atoms with E-state index in [4.69, 9.17) is 0 Å². The zero-order chi connectivity index (χ0) is 14.1. The summed E-state index contributed by atoms with van der Waals surface area (Å²) in [6, 6.07) is 1.71. The summed E-state index contributed by atoms with van der Waals surface area (Å²) in [4.78, 5) is 3.30. The van der Waals surface area contributed by atoms with Gasteiger partial charge in [0.25, 0.3) is 0 Å². The summed E-state index contributed by atoms with van der Waals surface area (Å²) in [5.74, 6) is 0. The van der Waals surface area contributed by atoms with Crippen LogP contribution >= 0.6 is 0 Å². The van der Waals surface area contributed by atoms with Gasteiger partial charge >= 0.3 is 0 Å². The van der Waals surface area contributed by atoms with Gasteiger partial charge < -0.3 is 10.3 Å². The highest BCUT2D eigenvalue weighted by Crippen LogP contribution is 2.37. The summed E-state index contributed by atoms with van der Waals surface area (Å²) >= 11 is 0. The van der Waals surface area contributed by atoms with E-state index in [0.29, 0.717) is 11.4 Å². The normalized spacial score (nSPS) is 22.8. The van der Waals surface area contributed by atoms with Crippen molar-refractivity contribution in [3.8, 4) is 0 Å². The topological polar surface area (TPSA) is 74.0 Å². The van der Waals surface area contributed by atoms with Crippen molar-refractivity contribution in [2.75, 3.05) is 7.05 Å². The molecule has 19 heavy (non-hydrogen) atoms. The number of hydrogen-bond acceptors (Lipinski definition) is 3. The molecule has 6 heteroatoms. The lowest BCUT2D eigenvalue weighted by atomic mass is 9.88. The van der Waals surface area contributed by atoms with Crippen LogP contribution in [-0.2, 0) is 16.6 Å². The van der Waals surface area contributed by atoms with Crippen molar-refractivity contribution in [1.29, 1.82) is 0 Å². The summed E-state index contributed by atoms with van der Waals surface area (Å²) < 4.78 is 27.5. The number of hydrogen-bond donors (Lipinski definition) is 3. The quantitative estimate of drug-likeness (QED) is 0.769. The molecule has 2 rings (SSSR count). The van der Waals surface area contributed by atoms with Gasteiger partial charge in [-0.25, -0.2) is 13.1 Å². The molecule has 0 radical (unpaired) electrons. The van der Waals surface area contributed by atoms with Crippen molar-refractivity contribution < 1.29 is 8.42 Å². The molecule has 1 heterocycles. The third-order valence-electron chi connectivity index (χ3n) is 3.95. The Morgan fingerprint density at radius 1 is 1.47 bits per heavy atom. The maximum Gasteiger partial charge on any atom is 0.242 e. The minimum absolute atomic E-state index is 0.0279. The molecule has 1 fully saturated rings. The molecule has 1 saturated carbocycles. The van der Waals surface area contributed by atoms with Crippen LogP contribution in [0.2, 0.25) is 0 Å². The Bertz CT molecular complexity index is 534. The van der Waals surface area contributed by atoms with Gasteiger partial charge in [0.2, 0.25) is 10.0 Å². The second-order valence-electron chi connectivity index (χ2n) is 5.95. The van der Waals surface area contributed by atoms with Crippen LogP contribution in [0.3, 0.4) is 0 Å². The van der Waals surface area contributed by atoms with E-state index in [1.807, 2.05) is 7.05 Å². The van der Waals surface area contributed by atoms with Crippen LogP contribution in [0.4, 0.5) is 0 Å². The van der Waals surface area contributed by atoms with Gasteiger partial charge in [-0.05, 0) is 31.4 Å². The molecule has 1 aromatic heterocycles. The Morgan fingerprint density at radius 2 is 2.21 bits per heavy atom. The molecule has 1 aliphatic rings. The smallest absolute Gasteiger partial charge is 0.242 e. The van der Waals surface area contributed by atoms with Crippen molar-refractivity contribution in [1.82, 2.24) is 15.0 Å². The van der Waals surface area contributed by atoms with Gasteiger partial charge in [0.1, 0.15) is 0 Å². The largest absolute Gasteiger partial charge is 0.363 e. The number of sulfonamides is 1. The minimum Gasteiger partial charge on any atom is -0.363 e. The fraction of sp³-hybridized carbons (Fsp3) is 0.692. The number of aromatic nitrogens is 1. The lowest BCUT2D eigenvalue weighted by molar-refractivity contribution is 0.313. The third-order valence-corrected chi connectivity index (χ3v) is 5.40. The molecule has 3 N–H and O–H groups in total. The zero-order valence-electron chi connectivity index (χ0n) is 11.8. The zero-order valence-corrected chi connectivity index (χ0v) is 12.6. The van der Waals surface area contributed by atoms with Gasteiger partial charge in [-0.3, -0.25) is 0 Å². The summed E-state index contributed by atoms with van der Waals surface area (Å²) in [5, 5.41) is 2.99. The molecule has 0 aliphatic heterocycles. The molecular weight excluding hydrogens is 262 g/mol. The summed E-state index contributed by atoms with van der Waals surface area (Å²) in [7, 11) is -1.59. The molecule has 0 spiro atoms. The van der Waals surface area contributed by atoms with Gasteiger partial charge in [0.15, 0.2) is 0 Å². The standard InChI is InChI=1S/C13H23N3O2S/c1-13(2)6-4-5-12(13)16-19(17,18)11-7-10(8-14-3)15-9-11/h7,9,12,14-16H,4-6,8H2,1-3H3. The molecule has 1 aromatic rings. The van der Waals surface area contributed by atoms with E-state index in [2.05, 4.69) is 28.9 Å². The van der Waals surface area contributed by atoms with Crippen LogP contribution in [0.1, 0.15) is 38.8 Å². The fourth-order valence-corrected chi connectivity index (χ4v) is 4.13. The minimum atomic E-state index is -3.42. The molecule has 0 aromatic carbocycles. The Hall–Kier alpha value is -0.850. The highest BCUT2D eigenvalue weighted by Gasteiger charge is 2.37. The Kier molecular flexibility index (Phi) is 4.03. The molecule has 108 valence electrons. The molecule has 0 amide bonds. The lowest BCUT2D eigenvalue weighted by Gasteiger charge is -2.27. The molecule has 5 nitrogen and oxygen atoms in total. The van der Waals surface area contributed by atoms with Gasteiger partial charge in [-0.15, -0.1) is 0 Å². The van der Waals surface area contributed by atoms with Gasteiger partial charge in [0.05, 0.1) is 4.90 Å². The first-order valence-electron chi connectivity index (χ1n) is 6.69. The molecule has 1 aliphatic carbocycles. The van der Waals surface area contributed by atoms with Gasteiger partial charge in [0, 0.05) is 24.5 Å². The van der Waals surface area contributed by atoms with Crippen LogP contribution in [-0.4, -0.2) is 26.5 Å². The van der Waals surface area contributed by atoms with E-state index < -0.39 is 10.0 Å². The van der Waals surface area contributed by atoms with Crippen LogP contribution in [0.15, 0.2) is 17.2 Å². The van der Waals surface area contributed by atoms with E-state index in [0.717, 1.165) is 25.0 Å². The summed E-state index contributed by atoms with van der Waals surface area (Å²) in [5.41, 5.74) is 0.908. The Morgan fingerprint density at radius 3 is 2.79 bits per heavy atom. The van der Waals surface area contributed by atoms with Crippen molar-refractivity contribution >= 4 is 10.0 Å². The van der Waals surface area contributed by atoms with E-state index in [1.54, 1.807) is 12.3 Å². The second kappa shape index (κ2) is 5.26. The van der Waals surface area contributed by atoms with Crippen LogP contribution in [0, 0.1) is 5.41 Å². The van der Waals surface area contributed by atoms with Crippen molar-refractivity contribution in [3.63, 3.8) is 0 Å². The summed E-state index contributed by atoms with van der Waals surface area (Å²) in [6.45, 7) is 4.87. The Labute approximate surface area is 115 Å². The summed E-state index contributed by atoms with van der Waals surface area (Å²) in [6.07, 6.45) is 4.62. The molecule has 1 unspecified atom stereocenters. The van der Waals surface area contributed by atoms with Gasteiger partial charge in [-0.1, -0.05) is 20.3 Å². The fourth-order valence-electron chi connectivity index (χ4n) is 2.67. The van der Waals surface area contributed by atoms with Crippen molar-refractivity contribution in [2.24, 2.45) is 5.41 Å². The first-order chi connectivity index (χ1) is 8.85. The SMILES string of the molecule is CNCc1cc(S(=O)(=O)NC2CCCC2(C)C)c[nH]1. The number of nitrogens with one attached hydrogen (secondary N) is 3. The van der Waals surface area contributed by atoms with Crippen molar-refractivity contribution in [2.45, 2.75) is 50.6 Å². The number of aromatic amines is 1.